The Labute approximate surface area is 229 Å². The molecule has 11 heteroatoms. The van der Waals surface area contributed by atoms with E-state index in [1.165, 1.54) is 11.7 Å². The molecule has 0 spiro atoms. The first-order valence-corrected chi connectivity index (χ1v) is 13.3. The van der Waals surface area contributed by atoms with Crippen LogP contribution in [0.25, 0.3) is 5.57 Å². The zero-order chi connectivity index (χ0) is 26.6. The maximum absolute atomic E-state index is 14.1. The second-order valence-corrected chi connectivity index (χ2v) is 11.1. The number of rotatable bonds is 4. The van der Waals surface area contributed by atoms with Gasteiger partial charge in [0.1, 0.15) is 16.3 Å². The molecule has 37 heavy (non-hydrogen) atoms. The summed E-state index contributed by atoms with van der Waals surface area (Å²) in [5.74, 6) is -0.551. The molecule has 0 aliphatic carbocycles. The van der Waals surface area contributed by atoms with E-state index < -0.39 is 23.7 Å². The van der Waals surface area contributed by atoms with Gasteiger partial charge >= 0.3 is 5.97 Å². The molecule has 2 aliphatic rings. The van der Waals surface area contributed by atoms with E-state index in [0.717, 1.165) is 15.8 Å². The van der Waals surface area contributed by atoms with Crippen molar-refractivity contribution < 1.29 is 19.1 Å². The Hall–Kier alpha value is -3.21. The molecule has 2 aliphatic heterocycles. The number of carbonyl (C=O) groups is 2. The maximum atomic E-state index is 14.1. The number of anilines is 1. The van der Waals surface area contributed by atoms with Crippen molar-refractivity contribution in [3.05, 3.63) is 88.0 Å². The molecule has 0 fully saturated rings. The zero-order valence-electron chi connectivity index (χ0n) is 20.2. The second-order valence-electron chi connectivity index (χ2n) is 8.76. The number of aromatic nitrogens is 1. The minimum atomic E-state index is -0.933. The van der Waals surface area contributed by atoms with Crippen LogP contribution in [0.15, 0.2) is 61.9 Å². The summed E-state index contributed by atoms with van der Waals surface area (Å²) in [6.45, 7) is 5.18. The number of fused-ring (bicyclic) bond motifs is 2. The lowest BCUT2D eigenvalue weighted by Crippen LogP contribution is -2.41. The summed E-state index contributed by atoms with van der Waals surface area (Å²) >= 11 is 10.9. The first-order chi connectivity index (χ1) is 17.6. The molecular formula is C26H21BrClN3O5S. The summed E-state index contributed by atoms with van der Waals surface area (Å²) in [7, 11) is 1.50. The van der Waals surface area contributed by atoms with Crippen molar-refractivity contribution in [2.45, 2.75) is 32.9 Å². The molecule has 8 nitrogen and oxygen atoms in total. The van der Waals surface area contributed by atoms with Crippen molar-refractivity contribution in [3.8, 4) is 5.75 Å². The fraction of sp³-hybridized carbons (Fsp3) is 0.231. The third-order valence-electron chi connectivity index (χ3n) is 6.00. The van der Waals surface area contributed by atoms with Crippen molar-refractivity contribution in [1.29, 1.82) is 0 Å². The highest BCUT2D eigenvalue weighted by atomic mass is 79.9. The van der Waals surface area contributed by atoms with Gasteiger partial charge in [-0.1, -0.05) is 38.9 Å². The van der Waals surface area contributed by atoms with Gasteiger partial charge in [-0.05, 0) is 57.2 Å². The van der Waals surface area contributed by atoms with Crippen molar-refractivity contribution in [1.82, 2.24) is 4.57 Å². The van der Waals surface area contributed by atoms with Gasteiger partial charge in [0.15, 0.2) is 4.80 Å². The van der Waals surface area contributed by atoms with Gasteiger partial charge < -0.3 is 14.8 Å². The van der Waals surface area contributed by atoms with Gasteiger partial charge in [-0.15, -0.1) is 0 Å². The van der Waals surface area contributed by atoms with Crippen LogP contribution < -0.4 is 24.9 Å². The molecule has 0 unspecified atom stereocenters. The number of ether oxygens (including phenoxy) is 2. The first kappa shape index (κ1) is 25.4. The number of carbonyl (C=O) groups excluding carboxylic acids is 2. The number of thiazole rings is 1. The van der Waals surface area contributed by atoms with Gasteiger partial charge in [-0.25, -0.2) is 9.79 Å². The molecule has 5 rings (SSSR count). The number of nitrogens with zero attached hydrogens (tertiary/aromatic N) is 2. The highest BCUT2D eigenvalue weighted by Crippen LogP contribution is 2.38. The van der Waals surface area contributed by atoms with Crippen LogP contribution in [-0.2, 0) is 14.3 Å². The summed E-state index contributed by atoms with van der Waals surface area (Å²) in [4.78, 5) is 45.3. The van der Waals surface area contributed by atoms with Gasteiger partial charge in [0.05, 0.1) is 30.1 Å². The van der Waals surface area contributed by atoms with Crippen LogP contribution >= 0.6 is 38.9 Å². The number of methoxy groups -OCH3 is 1. The molecule has 0 saturated heterocycles. The van der Waals surface area contributed by atoms with Crippen LogP contribution in [0.3, 0.4) is 0 Å². The van der Waals surface area contributed by atoms with E-state index in [1.807, 2.05) is 6.07 Å². The normalized spacial score (nSPS) is 17.8. The summed E-state index contributed by atoms with van der Waals surface area (Å²) in [5.41, 5.74) is 2.10. The van der Waals surface area contributed by atoms with E-state index in [4.69, 9.17) is 21.1 Å². The van der Waals surface area contributed by atoms with Crippen LogP contribution in [0, 0.1) is 0 Å². The van der Waals surface area contributed by atoms with Gasteiger partial charge in [0.25, 0.3) is 11.5 Å². The summed E-state index contributed by atoms with van der Waals surface area (Å²) < 4.78 is 13.5. The summed E-state index contributed by atoms with van der Waals surface area (Å²) in [6.07, 6.45) is -0.390. The lowest BCUT2D eigenvalue weighted by atomic mass is 9.95. The SMILES string of the molecule is COc1ccc(Cl)cc1[C@H]1C(C(=O)OC(C)C)=C(C)N=c2s/c(=C3/C(=O)Nc4ccc(Br)cc43)c(=O)n21. The lowest BCUT2D eigenvalue weighted by molar-refractivity contribution is -0.143. The quantitative estimate of drug-likeness (QED) is 0.457. The van der Waals surface area contributed by atoms with Crippen LogP contribution in [-0.4, -0.2) is 29.7 Å². The standard InChI is InChI=1S/C26H21BrClN3O5S/c1-11(2)36-25(34)19-12(3)29-26-31(21(19)16-10-14(28)6-8-18(16)35-4)24(33)22(37-26)20-15-9-13(27)5-7-17(15)30-23(20)32/h5-11,21H,1-4H3,(H,30,32)/b22-20+/t21-/m0/s1. The molecule has 0 saturated carbocycles. The lowest BCUT2D eigenvalue weighted by Gasteiger charge is -2.26. The maximum Gasteiger partial charge on any atom is 0.338 e. The van der Waals surface area contributed by atoms with Crippen molar-refractivity contribution in [2.75, 3.05) is 12.4 Å². The van der Waals surface area contributed by atoms with Gasteiger partial charge in [-0.2, -0.15) is 0 Å². The predicted molar refractivity (Wildman–Crippen MR) is 145 cm³/mol. The number of benzene rings is 2. The Balaban J connectivity index is 1.85. The number of nitrogens with one attached hydrogen (secondary N) is 1. The van der Waals surface area contributed by atoms with E-state index in [-0.39, 0.29) is 21.6 Å². The van der Waals surface area contributed by atoms with E-state index in [1.54, 1.807) is 51.1 Å². The summed E-state index contributed by atoms with van der Waals surface area (Å²) in [5, 5.41) is 3.22. The topological polar surface area (TPSA) is 99.0 Å². The number of esters is 1. The molecule has 1 N–H and O–H groups in total. The Morgan fingerprint density at radius 1 is 1.22 bits per heavy atom. The fourth-order valence-corrected chi connectivity index (χ4v) is 6.17. The van der Waals surface area contributed by atoms with Crippen molar-refractivity contribution in [3.63, 3.8) is 0 Å². The number of hydrogen-bond acceptors (Lipinski definition) is 7. The largest absolute Gasteiger partial charge is 0.496 e. The number of halogens is 2. The Kier molecular flexibility index (Phi) is 6.59. The molecule has 190 valence electrons. The average molecular weight is 603 g/mol. The third-order valence-corrected chi connectivity index (χ3v) is 7.78. The Morgan fingerprint density at radius 2 is 1.97 bits per heavy atom. The minimum absolute atomic E-state index is 0.192. The van der Waals surface area contributed by atoms with Crippen LogP contribution in [0.5, 0.6) is 5.75 Å². The fourth-order valence-electron chi connectivity index (χ4n) is 4.49. The van der Waals surface area contributed by atoms with Crippen molar-refractivity contribution in [2.24, 2.45) is 4.99 Å². The first-order valence-electron chi connectivity index (χ1n) is 11.3. The molecule has 1 amide bonds. The number of allylic oxidation sites excluding steroid dienone is 1. The molecule has 3 heterocycles. The van der Waals surface area contributed by atoms with Gasteiger partial charge in [0, 0.05) is 26.3 Å². The molecule has 0 bridgehead atoms. The highest BCUT2D eigenvalue weighted by Gasteiger charge is 2.37. The van der Waals surface area contributed by atoms with Crippen molar-refractivity contribution >= 4 is 62.0 Å². The van der Waals surface area contributed by atoms with Crippen LogP contribution in [0.2, 0.25) is 5.02 Å². The van der Waals surface area contributed by atoms with Crippen LogP contribution in [0.1, 0.15) is 37.9 Å². The average Bonchev–Trinajstić information content (AvgIpc) is 3.32. The molecule has 2 aromatic carbocycles. The molecule has 0 radical (unpaired) electrons. The van der Waals surface area contributed by atoms with E-state index in [2.05, 4.69) is 26.2 Å². The summed E-state index contributed by atoms with van der Waals surface area (Å²) in [6, 6.07) is 9.43. The molecule has 1 atom stereocenters. The zero-order valence-corrected chi connectivity index (χ0v) is 23.4. The molecule has 3 aromatic rings. The van der Waals surface area contributed by atoms with Crippen LogP contribution in [0.4, 0.5) is 5.69 Å². The number of amides is 1. The Morgan fingerprint density at radius 3 is 2.68 bits per heavy atom. The predicted octanol–water partition coefficient (Wildman–Crippen LogP) is 3.93. The molecular weight excluding hydrogens is 582 g/mol. The van der Waals surface area contributed by atoms with Gasteiger partial charge in [-0.3, -0.25) is 14.2 Å². The van der Waals surface area contributed by atoms with E-state index in [9.17, 15) is 14.4 Å². The molecule has 1 aromatic heterocycles. The third kappa shape index (κ3) is 4.32. The van der Waals surface area contributed by atoms with E-state index in [0.29, 0.717) is 38.1 Å². The van der Waals surface area contributed by atoms with Gasteiger partial charge in [0.2, 0.25) is 0 Å². The second kappa shape index (κ2) is 9.59. The van der Waals surface area contributed by atoms with E-state index >= 15 is 0 Å². The smallest absolute Gasteiger partial charge is 0.338 e. The minimum Gasteiger partial charge on any atom is -0.496 e. The monoisotopic (exact) mass is 601 g/mol. The number of hydrogen-bond donors (Lipinski definition) is 1. The highest BCUT2D eigenvalue weighted by molar-refractivity contribution is 9.10. The Bertz CT molecular complexity index is 1710.